The second-order valence-corrected chi connectivity index (χ2v) is 14.0. The molecule has 4 aromatic rings. The summed E-state index contributed by atoms with van der Waals surface area (Å²) in [5.74, 6) is -0.785. The minimum absolute atomic E-state index is 0.0957. The average Bonchev–Trinajstić information content (AvgIpc) is 3.66. The normalized spacial score (nSPS) is 19.0. The molecule has 4 heterocycles. The molecule has 2 fully saturated rings. The van der Waals surface area contributed by atoms with Gasteiger partial charge in [-0.2, -0.15) is 0 Å². The van der Waals surface area contributed by atoms with E-state index >= 15 is 4.39 Å². The molecule has 1 aromatic heterocycles. The lowest BCUT2D eigenvalue weighted by Crippen LogP contribution is -2.40. The van der Waals surface area contributed by atoms with Crippen LogP contribution in [0.15, 0.2) is 47.4 Å². The van der Waals surface area contributed by atoms with Crippen molar-refractivity contribution in [2.24, 2.45) is 0 Å². The summed E-state index contributed by atoms with van der Waals surface area (Å²) in [5.41, 5.74) is 5.62. The Labute approximate surface area is 277 Å². The van der Waals surface area contributed by atoms with Crippen molar-refractivity contribution in [3.8, 4) is 17.2 Å². The van der Waals surface area contributed by atoms with Gasteiger partial charge in [-0.05, 0) is 83.0 Å². The molecule has 0 bridgehead atoms. The van der Waals surface area contributed by atoms with Crippen molar-refractivity contribution >= 4 is 45.1 Å². The molecule has 2 saturated heterocycles. The summed E-state index contributed by atoms with van der Waals surface area (Å²) in [6, 6.07) is 11.6. The molecule has 0 spiro atoms. The number of nitrogens with two attached hydrogens (primary N) is 1. The fourth-order valence-corrected chi connectivity index (χ4v) is 7.20. The number of carbonyl (C=O) groups excluding carboxylic acids is 2. The van der Waals surface area contributed by atoms with E-state index < -0.39 is 28.8 Å². The molecule has 2 unspecified atom stereocenters. The third-order valence-electron chi connectivity index (χ3n) is 9.55. The van der Waals surface area contributed by atoms with Crippen LogP contribution in [0.3, 0.4) is 0 Å². The SMILES string of the molecule is CN1CCCC1CCNC(=O)c1cn2c3c(c(N4CCC(NC(=O)OC(C)(C)C)C4)c(F)c(N)c3c1=O)Oc1cc3ccccc3cc1-2. The number of nitrogens with one attached hydrogen (secondary N) is 2. The van der Waals surface area contributed by atoms with E-state index in [4.69, 9.17) is 15.2 Å². The summed E-state index contributed by atoms with van der Waals surface area (Å²) in [7, 11) is 2.08. The van der Waals surface area contributed by atoms with Gasteiger partial charge in [0, 0.05) is 31.9 Å². The maximum absolute atomic E-state index is 16.5. The smallest absolute Gasteiger partial charge is 0.407 e. The molecule has 0 saturated carbocycles. The van der Waals surface area contributed by atoms with E-state index in [1.165, 1.54) is 6.20 Å². The second kappa shape index (κ2) is 12.0. The first-order valence-corrected chi connectivity index (χ1v) is 16.5. The zero-order valence-corrected chi connectivity index (χ0v) is 27.7. The Kier molecular flexibility index (Phi) is 7.93. The van der Waals surface area contributed by atoms with Crippen molar-refractivity contribution in [3.63, 3.8) is 0 Å². The molecule has 11 nitrogen and oxygen atoms in total. The lowest BCUT2D eigenvalue weighted by Gasteiger charge is -2.30. The van der Waals surface area contributed by atoms with E-state index in [1.807, 2.05) is 36.4 Å². The predicted octanol–water partition coefficient (Wildman–Crippen LogP) is 5.29. The monoisotopic (exact) mass is 656 g/mol. The average molecular weight is 657 g/mol. The van der Waals surface area contributed by atoms with Crippen LogP contribution in [0.4, 0.5) is 20.6 Å². The molecule has 2 atom stereocenters. The van der Waals surface area contributed by atoms with Crippen LogP contribution in [0.1, 0.15) is 56.8 Å². The van der Waals surface area contributed by atoms with E-state index in [9.17, 15) is 14.4 Å². The van der Waals surface area contributed by atoms with E-state index in [0.717, 1.165) is 36.6 Å². The van der Waals surface area contributed by atoms with Crippen molar-refractivity contribution in [2.45, 2.75) is 64.1 Å². The van der Waals surface area contributed by atoms with Crippen LogP contribution in [-0.2, 0) is 4.74 Å². The maximum Gasteiger partial charge on any atom is 0.407 e. The third kappa shape index (κ3) is 5.67. The first-order valence-electron chi connectivity index (χ1n) is 16.5. The van der Waals surface area contributed by atoms with Crippen LogP contribution in [-0.4, -0.2) is 72.4 Å². The zero-order valence-electron chi connectivity index (χ0n) is 27.7. The van der Waals surface area contributed by atoms with E-state index in [0.29, 0.717) is 37.0 Å². The van der Waals surface area contributed by atoms with Crippen LogP contribution < -0.4 is 31.4 Å². The first-order chi connectivity index (χ1) is 22.9. The molecule has 252 valence electrons. The highest BCUT2D eigenvalue weighted by molar-refractivity contribution is 6.06. The minimum Gasteiger partial charge on any atom is -0.451 e. The van der Waals surface area contributed by atoms with Gasteiger partial charge in [0.15, 0.2) is 17.3 Å². The van der Waals surface area contributed by atoms with Crippen LogP contribution >= 0.6 is 0 Å². The van der Waals surface area contributed by atoms with Gasteiger partial charge in [-0.3, -0.25) is 9.59 Å². The van der Waals surface area contributed by atoms with Crippen LogP contribution in [0.2, 0.25) is 0 Å². The van der Waals surface area contributed by atoms with Crippen LogP contribution in [0, 0.1) is 5.82 Å². The Morgan fingerprint density at radius 2 is 1.88 bits per heavy atom. The Hall–Kier alpha value is -4.84. The number of nitrogens with zero attached hydrogens (tertiary/aromatic N) is 3. The lowest BCUT2D eigenvalue weighted by atomic mass is 10.0. The van der Waals surface area contributed by atoms with Gasteiger partial charge < -0.3 is 40.2 Å². The number of amides is 2. The molecule has 48 heavy (non-hydrogen) atoms. The van der Waals surface area contributed by atoms with E-state index in [1.54, 1.807) is 30.2 Å². The maximum atomic E-state index is 16.5. The van der Waals surface area contributed by atoms with Gasteiger partial charge in [0.1, 0.15) is 22.4 Å². The number of fused-ring (bicyclic) bond motifs is 3. The molecule has 3 aliphatic heterocycles. The highest BCUT2D eigenvalue weighted by atomic mass is 19.1. The standard InChI is InChI=1S/C36H41FN6O5/c1-36(2,3)48-35(46)40-22-12-15-42(18-22)31-28(37)29(38)27-30-33(31)47-26-17-21-9-6-5-8-20(21)16-25(26)43(30)19-24(32(27)44)34(45)39-13-11-23-10-7-14-41(23)4/h5-6,8-9,16-17,19,22-23H,7,10-15,18,38H2,1-4H3,(H,39,45)(H,40,46). The van der Waals surface area contributed by atoms with Crippen molar-refractivity contribution < 1.29 is 23.5 Å². The topological polar surface area (TPSA) is 131 Å². The van der Waals surface area contributed by atoms with Crippen molar-refractivity contribution in [2.75, 3.05) is 43.9 Å². The summed E-state index contributed by atoms with van der Waals surface area (Å²) in [6.07, 6.45) is 4.43. The number of ether oxygens (including phenoxy) is 2. The predicted molar refractivity (Wildman–Crippen MR) is 184 cm³/mol. The minimum atomic E-state index is -0.815. The second-order valence-electron chi connectivity index (χ2n) is 14.0. The highest BCUT2D eigenvalue weighted by Crippen LogP contribution is 2.50. The summed E-state index contributed by atoms with van der Waals surface area (Å²) < 4.78 is 30.2. The third-order valence-corrected chi connectivity index (χ3v) is 9.55. The van der Waals surface area contributed by atoms with Crippen molar-refractivity contribution in [1.82, 2.24) is 20.1 Å². The van der Waals surface area contributed by atoms with Crippen molar-refractivity contribution in [1.29, 1.82) is 0 Å². The van der Waals surface area contributed by atoms with Crippen LogP contribution in [0.25, 0.3) is 27.4 Å². The number of hydrogen-bond acceptors (Lipinski definition) is 8. The lowest BCUT2D eigenvalue weighted by molar-refractivity contribution is 0.0508. The van der Waals surface area contributed by atoms with E-state index in [-0.39, 0.29) is 46.2 Å². The number of nitrogen functional groups attached to an aromatic ring is 1. The summed E-state index contributed by atoms with van der Waals surface area (Å²) >= 11 is 0. The summed E-state index contributed by atoms with van der Waals surface area (Å²) in [5, 5.41) is 7.51. The highest BCUT2D eigenvalue weighted by Gasteiger charge is 2.36. The van der Waals surface area contributed by atoms with Crippen LogP contribution in [0.5, 0.6) is 11.5 Å². The number of benzene rings is 3. The van der Waals surface area contributed by atoms with Gasteiger partial charge in [-0.1, -0.05) is 24.3 Å². The van der Waals surface area contributed by atoms with Gasteiger partial charge in [-0.25, -0.2) is 9.18 Å². The molecule has 3 aliphatic rings. The molecular weight excluding hydrogens is 615 g/mol. The molecular formula is C36H41FN6O5. The summed E-state index contributed by atoms with van der Waals surface area (Å²) in [6.45, 7) is 7.44. The number of alkyl carbamates (subject to hydrolysis) is 1. The number of likely N-dealkylation sites (tertiary alicyclic amines) is 1. The summed E-state index contributed by atoms with van der Waals surface area (Å²) in [4.78, 5) is 44.2. The van der Waals surface area contributed by atoms with Gasteiger partial charge in [0.25, 0.3) is 5.91 Å². The largest absolute Gasteiger partial charge is 0.451 e. The number of hydrogen-bond donors (Lipinski definition) is 3. The molecule has 7 rings (SSSR count). The molecule has 0 radical (unpaired) electrons. The molecule has 0 aliphatic carbocycles. The molecule has 2 amide bonds. The van der Waals surface area contributed by atoms with Crippen molar-refractivity contribution in [3.05, 3.63) is 64.2 Å². The van der Waals surface area contributed by atoms with Gasteiger partial charge >= 0.3 is 6.09 Å². The van der Waals surface area contributed by atoms with Gasteiger partial charge in [0.2, 0.25) is 5.43 Å². The Bertz CT molecular complexity index is 2020. The Balaban J connectivity index is 1.32. The first kappa shape index (κ1) is 31.7. The number of rotatable bonds is 6. The number of anilines is 2. The Morgan fingerprint density at radius 3 is 2.58 bits per heavy atom. The fourth-order valence-electron chi connectivity index (χ4n) is 7.20. The molecule has 12 heteroatoms. The number of halogens is 1. The number of pyridine rings is 1. The van der Waals surface area contributed by atoms with E-state index in [2.05, 4.69) is 22.6 Å². The zero-order chi connectivity index (χ0) is 33.9. The van der Waals surface area contributed by atoms with Gasteiger partial charge in [-0.15, -0.1) is 0 Å². The fraction of sp³-hybridized carbons (Fsp3) is 0.417. The molecule has 4 N–H and O–H groups in total. The number of carbonyl (C=O) groups is 2. The number of aromatic nitrogens is 1. The quantitative estimate of drug-likeness (QED) is 0.210. The Morgan fingerprint density at radius 1 is 1.12 bits per heavy atom. The molecule has 3 aromatic carbocycles. The van der Waals surface area contributed by atoms with Gasteiger partial charge in [0.05, 0.1) is 22.8 Å².